The first-order chi connectivity index (χ1) is 12.3. The summed E-state index contributed by atoms with van der Waals surface area (Å²) in [6.45, 7) is 1.18. The number of anilines is 2. The van der Waals surface area contributed by atoms with Crippen molar-refractivity contribution >= 4 is 11.8 Å². The molecule has 0 bridgehead atoms. The second-order valence-corrected chi connectivity index (χ2v) is 5.73. The second-order valence-electron chi connectivity index (χ2n) is 5.73. The molecule has 0 saturated carbocycles. The minimum absolute atomic E-state index is 0.219. The lowest BCUT2D eigenvalue weighted by atomic mass is 10.1. The third-order valence-corrected chi connectivity index (χ3v) is 3.84. The Morgan fingerprint density at radius 3 is 2.52 bits per heavy atom. The third kappa shape index (κ3) is 5.28. The Morgan fingerprint density at radius 2 is 1.68 bits per heavy atom. The van der Waals surface area contributed by atoms with Gasteiger partial charge in [-0.15, -0.1) is 0 Å². The van der Waals surface area contributed by atoms with Gasteiger partial charge in [0.2, 0.25) is 5.95 Å². The topological polar surface area (TPSA) is 49.8 Å². The van der Waals surface area contributed by atoms with Crippen LogP contribution in [0, 0.1) is 5.82 Å². The van der Waals surface area contributed by atoms with Crippen molar-refractivity contribution in [3.63, 3.8) is 0 Å². The molecule has 0 aliphatic heterocycles. The number of hydrogen-bond acceptors (Lipinski definition) is 4. The summed E-state index contributed by atoms with van der Waals surface area (Å²) in [7, 11) is 0. The predicted octanol–water partition coefficient (Wildman–Crippen LogP) is 4.27. The van der Waals surface area contributed by atoms with E-state index in [1.54, 1.807) is 24.4 Å². The number of hydrogen-bond donors (Lipinski definition) is 2. The Kier molecular flexibility index (Phi) is 5.93. The van der Waals surface area contributed by atoms with Crippen molar-refractivity contribution in [2.75, 3.05) is 17.2 Å². The molecule has 0 spiro atoms. The van der Waals surface area contributed by atoms with Gasteiger partial charge in [-0.05, 0) is 30.5 Å². The summed E-state index contributed by atoms with van der Waals surface area (Å²) in [5, 5.41) is 6.36. The van der Waals surface area contributed by atoms with Crippen molar-refractivity contribution in [2.24, 2.45) is 0 Å². The lowest BCUT2D eigenvalue weighted by Crippen LogP contribution is -2.09. The van der Waals surface area contributed by atoms with Crippen LogP contribution in [0.25, 0.3) is 0 Å². The van der Waals surface area contributed by atoms with Crippen molar-refractivity contribution in [3.05, 3.63) is 83.8 Å². The number of aromatic nitrogens is 2. The van der Waals surface area contributed by atoms with E-state index in [-0.39, 0.29) is 5.82 Å². The van der Waals surface area contributed by atoms with Crippen LogP contribution in [0.2, 0.25) is 0 Å². The van der Waals surface area contributed by atoms with Gasteiger partial charge in [0.15, 0.2) is 0 Å². The van der Waals surface area contributed by atoms with E-state index in [0.29, 0.717) is 23.9 Å². The van der Waals surface area contributed by atoms with E-state index in [1.165, 1.54) is 11.6 Å². The standard InChI is InChI=1S/C20H21FN4/c21-18-11-5-4-10-17(18)15-24-19-12-14-23-20(25-19)22-13-6-9-16-7-2-1-3-8-16/h1-5,7-8,10-12,14H,6,9,13,15H2,(H2,22,23,24,25). The molecule has 3 aromatic rings. The van der Waals surface area contributed by atoms with Crippen molar-refractivity contribution in [1.82, 2.24) is 9.97 Å². The number of halogens is 1. The molecule has 4 nitrogen and oxygen atoms in total. The van der Waals surface area contributed by atoms with Crippen LogP contribution in [-0.2, 0) is 13.0 Å². The fraction of sp³-hybridized carbons (Fsp3) is 0.200. The highest BCUT2D eigenvalue weighted by Gasteiger charge is 2.02. The molecule has 1 heterocycles. The van der Waals surface area contributed by atoms with E-state index in [9.17, 15) is 4.39 Å². The maximum atomic E-state index is 13.6. The van der Waals surface area contributed by atoms with Gasteiger partial charge in [0, 0.05) is 24.8 Å². The van der Waals surface area contributed by atoms with Crippen LogP contribution in [0.4, 0.5) is 16.2 Å². The fourth-order valence-corrected chi connectivity index (χ4v) is 2.51. The maximum Gasteiger partial charge on any atom is 0.224 e. The van der Waals surface area contributed by atoms with Crippen molar-refractivity contribution < 1.29 is 4.39 Å². The Labute approximate surface area is 147 Å². The summed E-state index contributed by atoms with van der Waals surface area (Å²) in [4.78, 5) is 8.63. The molecule has 0 radical (unpaired) electrons. The number of aryl methyl sites for hydroxylation is 1. The lowest BCUT2D eigenvalue weighted by molar-refractivity contribution is 0.613. The third-order valence-electron chi connectivity index (χ3n) is 3.84. The smallest absolute Gasteiger partial charge is 0.224 e. The van der Waals surface area contributed by atoms with E-state index in [1.807, 2.05) is 12.1 Å². The molecule has 0 aliphatic carbocycles. The number of nitrogens with one attached hydrogen (secondary N) is 2. The molecule has 0 aliphatic rings. The van der Waals surface area contributed by atoms with Gasteiger partial charge in [0.05, 0.1) is 0 Å². The van der Waals surface area contributed by atoms with Crippen LogP contribution in [0.3, 0.4) is 0 Å². The Bertz CT molecular complexity index is 792. The Balaban J connectivity index is 1.47. The maximum absolute atomic E-state index is 13.6. The minimum atomic E-state index is -0.219. The minimum Gasteiger partial charge on any atom is -0.366 e. The van der Waals surface area contributed by atoms with Crippen molar-refractivity contribution in [3.8, 4) is 0 Å². The molecule has 0 saturated heterocycles. The lowest BCUT2D eigenvalue weighted by Gasteiger charge is -2.09. The zero-order chi connectivity index (χ0) is 17.3. The highest BCUT2D eigenvalue weighted by Crippen LogP contribution is 2.11. The summed E-state index contributed by atoms with van der Waals surface area (Å²) in [6.07, 6.45) is 3.70. The summed E-state index contributed by atoms with van der Waals surface area (Å²) >= 11 is 0. The van der Waals surface area contributed by atoms with Gasteiger partial charge in [-0.2, -0.15) is 4.98 Å². The largest absolute Gasteiger partial charge is 0.366 e. The van der Waals surface area contributed by atoms with E-state index in [0.717, 1.165) is 19.4 Å². The summed E-state index contributed by atoms with van der Waals surface area (Å²) in [5.74, 6) is 1.03. The molecule has 0 unspecified atom stereocenters. The average Bonchev–Trinajstić information content (AvgIpc) is 2.66. The normalized spacial score (nSPS) is 10.4. The van der Waals surface area contributed by atoms with Crippen LogP contribution in [-0.4, -0.2) is 16.5 Å². The van der Waals surface area contributed by atoms with Gasteiger partial charge in [-0.25, -0.2) is 9.37 Å². The predicted molar refractivity (Wildman–Crippen MR) is 99.0 cm³/mol. The van der Waals surface area contributed by atoms with E-state index < -0.39 is 0 Å². The monoisotopic (exact) mass is 336 g/mol. The summed E-state index contributed by atoms with van der Waals surface area (Å²) < 4.78 is 13.6. The van der Waals surface area contributed by atoms with E-state index in [4.69, 9.17) is 0 Å². The first-order valence-electron chi connectivity index (χ1n) is 8.39. The SMILES string of the molecule is Fc1ccccc1CNc1ccnc(NCCCc2ccccc2)n1. The molecular formula is C20H21FN4. The molecule has 5 heteroatoms. The molecular weight excluding hydrogens is 315 g/mol. The highest BCUT2D eigenvalue weighted by atomic mass is 19.1. The van der Waals surface area contributed by atoms with E-state index >= 15 is 0 Å². The van der Waals surface area contributed by atoms with E-state index in [2.05, 4.69) is 44.9 Å². The zero-order valence-corrected chi connectivity index (χ0v) is 14.0. The van der Waals surface area contributed by atoms with Gasteiger partial charge in [0.25, 0.3) is 0 Å². The molecule has 1 aromatic heterocycles. The molecule has 3 rings (SSSR count). The molecule has 0 fully saturated rings. The summed E-state index contributed by atoms with van der Waals surface area (Å²) in [6, 6.07) is 18.9. The van der Waals surface area contributed by atoms with Gasteiger partial charge < -0.3 is 10.6 Å². The second kappa shape index (κ2) is 8.78. The number of benzene rings is 2. The van der Waals surface area contributed by atoms with Gasteiger partial charge >= 0.3 is 0 Å². The fourth-order valence-electron chi connectivity index (χ4n) is 2.51. The first kappa shape index (κ1) is 16.9. The quantitative estimate of drug-likeness (QED) is 0.603. The van der Waals surface area contributed by atoms with Crippen molar-refractivity contribution in [1.29, 1.82) is 0 Å². The molecule has 25 heavy (non-hydrogen) atoms. The molecule has 0 amide bonds. The molecule has 2 N–H and O–H groups in total. The van der Waals surface area contributed by atoms with Crippen LogP contribution < -0.4 is 10.6 Å². The van der Waals surface area contributed by atoms with Gasteiger partial charge in [-0.3, -0.25) is 0 Å². The van der Waals surface area contributed by atoms with Crippen LogP contribution in [0.1, 0.15) is 17.5 Å². The first-order valence-corrected chi connectivity index (χ1v) is 8.39. The molecule has 2 aromatic carbocycles. The number of rotatable bonds is 8. The average molecular weight is 336 g/mol. The Morgan fingerprint density at radius 1 is 0.880 bits per heavy atom. The highest BCUT2D eigenvalue weighted by molar-refractivity contribution is 5.40. The van der Waals surface area contributed by atoms with Crippen LogP contribution >= 0.6 is 0 Å². The zero-order valence-electron chi connectivity index (χ0n) is 14.0. The van der Waals surface area contributed by atoms with Gasteiger partial charge in [-0.1, -0.05) is 48.5 Å². The van der Waals surface area contributed by atoms with Crippen molar-refractivity contribution in [2.45, 2.75) is 19.4 Å². The van der Waals surface area contributed by atoms with Gasteiger partial charge in [0.1, 0.15) is 11.6 Å². The molecule has 128 valence electrons. The number of nitrogens with zero attached hydrogens (tertiary/aromatic N) is 2. The van der Waals surface area contributed by atoms with Crippen LogP contribution in [0.15, 0.2) is 66.9 Å². The Hall–Kier alpha value is -2.95. The molecule has 0 atom stereocenters. The summed E-state index contributed by atoms with van der Waals surface area (Å²) in [5.41, 5.74) is 1.93. The van der Waals surface area contributed by atoms with Crippen LogP contribution in [0.5, 0.6) is 0 Å².